The first-order valence-corrected chi connectivity index (χ1v) is 6.40. The summed E-state index contributed by atoms with van der Waals surface area (Å²) in [7, 11) is 1.86. The lowest BCUT2D eigenvalue weighted by Crippen LogP contribution is -2.01. The molecular weight excluding hydrogens is 242 g/mol. The molecule has 0 radical (unpaired) electrons. The zero-order valence-electron chi connectivity index (χ0n) is 8.97. The highest BCUT2D eigenvalue weighted by molar-refractivity contribution is 8.00. The third kappa shape index (κ3) is 2.30. The van der Waals surface area contributed by atoms with Crippen LogP contribution in [0.3, 0.4) is 0 Å². The zero-order chi connectivity index (χ0) is 11.4. The van der Waals surface area contributed by atoms with Gasteiger partial charge in [0.25, 0.3) is 0 Å². The molecule has 2 heterocycles. The van der Waals surface area contributed by atoms with Gasteiger partial charge in [0, 0.05) is 12.6 Å². The molecule has 7 heteroatoms. The minimum atomic E-state index is 0.879. The van der Waals surface area contributed by atoms with Gasteiger partial charge in [-0.1, -0.05) is 6.92 Å². The number of aromatic nitrogens is 4. The second-order valence-corrected chi connectivity index (χ2v) is 4.93. The average Bonchev–Trinajstić information content (AvgIpc) is 2.81. The van der Waals surface area contributed by atoms with Crippen LogP contribution < -0.4 is 5.32 Å². The molecule has 1 N–H and O–H groups in total. The van der Waals surface area contributed by atoms with Crippen LogP contribution in [0.25, 0.3) is 0 Å². The van der Waals surface area contributed by atoms with Gasteiger partial charge < -0.3 is 5.32 Å². The lowest BCUT2D eigenvalue weighted by Gasteiger charge is -2.08. The molecule has 2 rings (SSSR count). The summed E-state index contributed by atoms with van der Waals surface area (Å²) in [4.78, 5) is 12.6. The second kappa shape index (κ2) is 5.22. The molecule has 0 amide bonds. The molecule has 0 unspecified atom stereocenters. The Labute approximate surface area is 102 Å². The number of rotatable bonds is 4. The summed E-state index contributed by atoms with van der Waals surface area (Å²) < 4.78 is 4.87. The number of nitrogens with one attached hydrogen (secondary N) is 1. The van der Waals surface area contributed by atoms with Crippen LogP contribution in [-0.4, -0.2) is 26.4 Å². The van der Waals surface area contributed by atoms with E-state index in [1.807, 2.05) is 7.05 Å². The second-order valence-electron chi connectivity index (χ2n) is 2.92. The maximum atomic E-state index is 4.28. The van der Waals surface area contributed by atoms with Crippen molar-refractivity contribution in [3.63, 3.8) is 0 Å². The molecule has 2 aromatic heterocycles. The van der Waals surface area contributed by atoms with Crippen molar-refractivity contribution in [3.05, 3.63) is 18.2 Å². The van der Waals surface area contributed by atoms with Gasteiger partial charge >= 0.3 is 0 Å². The Kier molecular flexibility index (Phi) is 3.68. The van der Waals surface area contributed by atoms with Gasteiger partial charge in [0.15, 0.2) is 4.34 Å². The molecule has 0 saturated carbocycles. The fourth-order valence-electron chi connectivity index (χ4n) is 1.31. The van der Waals surface area contributed by atoms with Gasteiger partial charge in [0.1, 0.15) is 23.5 Å². The molecule has 5 nitrogen and oxygen atoms in total. The lowest BCUT2D eigenvalue weighted by atomic mass is 10.2. The largest absolute Gasteiger partial charge is 0.373 e. The smallest absolute Gasteiger partial charge is 0.176 e. The molecule has 0 atom stereocenters. The predicted molar refractivity (Wildman–Crippen MR) is 65.0 cm³/mol. The number of anilines is 1. The molecule has 2 aromatic rings. The molecule has 0 aliphatic heterocycles. The van der Waals surface area contributed by atoms with Crippen LogP contribution in [0.5, 0.6) is 0 Å². The van der Waals surface area contributed by atoms with E-state index >= 15 is 0 Å². The summed E-state index contributed by atoms with van der Waals surface area (Å²) in [6.45, 7) is 2.09. The van der Waals surface area contributed by atoms with Gasteiger partial charge in [0.05, 0.1) is 0 Å². The Hall–Kier alpha value is -1.21. The van der Waals surface area contributed by atoms with Crippen molar-refractivity contribution in [2.45, 2.75) is 22.7 Å². The van der Waals surface area contributed by atoms with Gasteiger partial charge in [-0.15, -0.1) is 0 Å². The number of hydrogen-bond acceptors (Lipinski definition) is 7. The van der Waals surface area contributed by atoms with Crippen molar-refractivity contribution in [3.8, 4) is 0 Å². The highest BCUT2D eigenvalue weighted by Crippen LogP contribution is 2.31. The standard InChI is InChI=1S/C9H11N5S2/c1-3-6-7(10-2)11-4-12-8(6)15-9-13-5-14-16-9/h4-5H,3H2,1-2H3,(H,10,11,12). The van der Waals surface area contributed by atoms with E-state index in [4.69, 9.17) is 0 Å². The maximum Gasteiger partial charge on any atom is 0.176 e. The van der Waals surface area contributed by atoms with Gasteiger partial charge in [0.2, 0.25) is 0 Å². The Bertz CT molecular complexity index is 457. The van der Waals surface area contributed by atoms with E-state index in [2.05, 4.69) is 31.6 Å². The Morgan fingerprint density at radius 2 is 2.19 bits per heavy atom. The maximum absolute atomic E-state index is 4.28. The minimum Gasteiger partial charge on any atom is -0.373 e. The van der Waals surface area contributed by atoms with Crippen molar-refractivity contribution in [1.29, 1.82) is 0 Å². The highest BCUT2D eigenvalue weighted by Gasteiger charge is 2.11. The normalized spacial score (nSPS) is 10.4. The molecule has 0 bridgehead atoms. The van der Waals surface area contributed by atoms with Crippen LogP contribution in [0.4, 0.5) is 5.82 Å². The van der Waals surface area contributed by atoms with Gasteiger partial charge in [-0.25, -0.2) is 15.0 Å². The Morgan fingerprint density at radius 1 is 1.31 bits per heavy atom. The van der Waals surface area contributed by atoms with Crippen molar-refractivity contribution < 1.29 is 0 Å². The third-order valence-electron chi connectivity index (χ3n) is 2.02. The van der Waals surface area contributed by atoms with Gasteiger partial charge in [-0.05, 0) is 29.7 Å². The zero-order valence-corrected chi connectivity index (χ0v) is 10.6. The fraction of sp³-hybridized carbons (Fsp3) is 0.333. The molecule has 0 aliphatic rings. The average molecular weight is 253 g/mol. The van der Waals surface area contributed by atoms with Crippen LogP contribution in [0.1, 0.15) is 12.5 Å². The summed E-state index contributed by atoms with van der Waals surface area (Å²) in [5.41, 5.74) is 1.12. The van der Waals surface area contributed by atoms with Gasteiger partial charge in [-0.3, -0.25) is 0 Å². The van der Waals surface area contributed by atoms with E-state index in [0.717, 1.165) is 27.2 Å². The van der Waals surface area contributed by atoms with Crippen LogP contribution in [0.15, 0.2) is 22.0 Å². The molecule has 0 aliphatic carbocycles. The monoisotopic (exact) mass is 253 g/mol. The van der Waals surface area contributed by atoms with Gasteiger partial charge in [-0.2, -0.15) is 4.37 Å². The summed E-state index contributed by atoms with van der Waals surface area (Å²) in [5, 5.41) is 4.01. The molecule has 0 aromatic carbocycles. The van der Waals surface area contributed by atoms with Crippen molar-refractivity contribution in [2.24, 2.45) is 0 Å². The molecule has 0 fully saturated rings. The first kappa shape index (κ1) is 11.3. The molecule has 0 spiro atoms. The quantitative estimate of drug-likeness (QED) is 0.842. The summed E-state index contributed by atoms with van der Waals surface area (Å²) in [6, 6.07) is 0. The topological polar surface area (TPSA) is 63.6 Å². The first-order valence-electron chi connectivity index (χ1n) is 4.81. The number of hydrogen-bond donors (Lipinski definition) is 1. The SMILES string of the molecule is CCc1c(NC)ncnc1Sc1ncns1. The fourth-order valence-corrected chi connectivity index (χ4v) is 2.83. The van der Waals surface area contributed by atoms with E-state index in [0.29, 0.717) is 0 Å². The van der Waals surface area contributed by atoms with E-state index in [-0.39, 0.29) is 0 Å². The van der Waals surface area contributed by atoms with E-state index in [1.54, 1.807) is 12.7 Å². The van der Waals surface area contributed by atoms with Crippen molar-refractivity contribution >= 4 is 29.1 Å². The Morgan fingerprint density at radius 3 is 2.81 bits per heavy atom. The van der Waals surface area contributed by atoms with Crippen LogP contribution in [0.2, 0.25) is 0 Å². The molecule has 16 heavy (non-hydrogen) atoms. The van der Waals surface area contributed by atoms with Crippen molar-refractivity contribution in [1.82, 2.24) is 19.3 Å². The molecule has 84 valence electrons. The highest BCUT2D eigenvalue weighted by atomic mass is 32.2. The summed E-state index contributed by atoms with van der Waals surface area (Å²) in [6.07, 6.45) is 4.01. The third-order valence-corrected chi connectivity index (χ3v) is 3.78. The lowest BCUT2D eigenvalue weighted by molar-refractivity contribution is 0.945. The van der Waals surface area contributed by atoms with Crippen LogP contribution in [-0.2, 0) is 6.42 Å². The van der Waals surface area contributed by atoms with E-state index < -0.39 is 0 Å². The first-order chi connectivity index (χ1) is 7.85. The van der Waals surface area contributed by atoms with Crippen LogP contribution in [0, 0.1) is 0 Å². The number of nitrogens with zero attached hydrogens (tertiary/aromatic N) is 4. The predicted octanol–water partition coefficient (Wildman–Crippen LogP) is 2.08. The van der Waals surface area contributed by atoms with E-state index in [9.17, 15) is 0 Å². The summed E-state index contributed by atoms with van der Waals surface area (Å²) in [5.74, 6) is 0.879. The van der Waals surface area contributed by atoms with Crippen molar-refractivity contribution in [2.75, 3.05) is 12.4 Å². The van der Waals surface area contributed by atoms with Crippen LogP contribution >= 0.6 is 23.3 Å². The minimum absolute atomic E-state index is 0.879. The summed E-state index contributed by atoms with van der Waals surface area (Å²) >= 11 is 2.90. The Balaban J connectivity index is 2.33. The molecule has 0 saturated heterocycles. The molecular formula is C9H11N5S2. The van der Waals surface area contributed by atoms with E-state index in [1.165, 1.54) is 23.3 Å².